The van der Waals surface area contributed by atoms with Gasteiger partial charge in [0, 0.05) is 26.1 Å². The molecule has 0 spiro atoms. The van der Waals surface area contributed by atoms with Crippen molar-refractivity contribution in [3.05, 3.63) is 0 Å². The van der Waals surface area contributed by atoms with Gasteiger partial charge in [-0.1, -0.05) is 52.4 Å². The van der Waals surface area contributed by atoms with Crippen LogP contribution in [0.4, 0.5) is 0 Å². The van der Waals surface area contributed by atoms with Crippen LogP contribution in [0.3, 0.4) is 0 Å². The van der Waals surface area contributed by atoms with Gasteiger partial charge in [-0.2, -0.15) is 0 Å². The Hall–Kier alpha value is -0.730. The lowest BCUT2D eigenvalue weighted by molar-refractivity contribution is 0.208. The Balaban J connectivity index is 2.31. The molecule has 0 radical (unpaired) electrons. The first-order chi connectivity index (χ1) is 9.38. The van der Waals surface area contributed by atoms with E-state index in [2.05, 4.69) is 23.7 Å². The first-order valence-corrected chi connectivity index (χ1v) is 8.30. The molecule has 0 aromatic carbocycles. The molecule has 19 heavy (non-hydrogen) atoms. The van der Waals surface area contributed by atoms with Crippen LogP contribution in [0.2, 0.25) is 0 Å². The molecule has 0 aliphatic carbocycles. The first-order valence-electron chi connectivity index (χ1n) is 8.30. The minimum Gasteiger partial charge on any atom is -0.465 e. The molecule has 112 valence electrons. The summed E-state index contributed by atoms with van der Waals surface area (Å²) >= 11 is 0. The summed E-state index contributed by atoms with van der Waals surface area (Å²) < 4.78 is 5.73. The van der Waals surface area contributed by atoms with Gasteiger partial charge < -0.3 is 9.64 Å². The lowest BCUT2D eigenvalue weighted by Crippen LogP contribution is -2.36. The lowest BCUT2D eigenvalue weighted by atomic mass is 10.2. The van der Waals surface area contributed by atoms with Crippen molar-refractivity contribution in [2.45, 2.75) is 71.6 Å². The molecule has 0 aromatic heterocycles. The molecule has 0 N–H and O–H groups in total. The number of amidine groups is 1. The molecule has 0 fully saturated rings. The highest BCUT2D eigenvalue weighted by Crippen LogP contribution is 2.09. The maximum atomic E-state index is 5.73. The van der Waals surface area contributed by atoms with E-state index in [9.17, 15) is 0 Å². The Bertz CT molecular complexity index is 229. The van der Waals surface area contributed by atoms with Crippen molar-refractivity contribution in [3.8, 4) is 0 Å². The van der Waals surface area contributed by atoms with E-state index in [1.165, 1.54) is 51.4 Å². The summed E-state index contributed by atoms with van der Waals surface area (Å²) in [5, 5.41) is 0. The van der Waals surface area contributed by atoms with Crippen LogP contribution in [-0.4, -0.2) is 37.2 Å². The second kappa shape index (κ2) is 11.1. The topological polar surface area (TPSA) is 24.8 Å². The average molecular weight is 268 g/mol. The highest BCUT2D eigenvalue weighted by molar-refractivity contribution is 5.74. The fourth-order valence-electron chi connectivity index (χ4n) is 2.40. The summed E-state index contributed by atoms with van der Waals surface area (Å²) in [6, 6.07) is 0.916. The van der Waals surface area contributed by atoms with Gasteiger partial charge in [-0.3, -0.25) is 0 Å². The second-order valence-corrected chi connectivity index (χ2v) is 5.47. The van der Waals surface area contributed by atoms with Crippen molar-refractivity contribution < 1.29 is 4.74 Å². The minimum atomic E-state index is 0.846. The molecule has 0 bridgehead atoms. The molecule has 0 saturated heterocycles. The molecular weight excluding hydrogens is 236 g/mol. The SMILES string of the molecule is CCCCCCN(CCCCCC)C1=NCCCO1. The van der Waals surface area contributed by atoms with E-state index in [4.69, 9.17) is 4.74 Å². The number of hydrogen-bond acceptors (Lipinski definition) is 3. The normalized spacial score (nSPS) is 14.9. The molecule has 0 saturated carbocycles. The van der Waals surface area contributed by atoms with Crippen molar-refractivity contribution in [3.63, 3.8) is 0 Å². The predicted molar refractivity (Wildman–Crippen MR) is 82.7 cm³/mol. The summed E-state index contributed by atoms with van der Waals surface area (Å²) in [6.45, 7) is 8.54. The van der Waals surface area contributed by atoms with Crippen molar-refractivity contribution in [2.75, 3.05) is 26.2 Å². The fraction of sp³-hybridized carbons (Fsp3) is 0.938. The molecule has 1 heterocycles. The molecule has 0 aromatic rings. The van der Waals surface area contributed by atoms with E-state index >= 15 is 0 Å². The molecule has 3 heteroatoms. The van der Waals surface area contributed by atoms with Gasteiger partial charge in [0.15, 0.2) is 0 Å². The van der Waals surface area contributed by atoms with Crippen LogP contribution < -0.4 is 0 Å². The third-order valence-corrected chi connectivity index (χ3v) is 3.61. The number of unbranched alkanes of at least 4 members (excludes halogenated alkanes) is 6. The van der Waals surface area contributed by atoms with E-state index in [1.807, 2.05) is 0 Å². The van der Waals surface area contributed by atoms with Crippen LogP contribution >= 0.6 is 0 Å². The maximum absolute atomic E-state index is 5.73. The van der Waals surface area contributed by atoms with Crippen LogP contribution in [0, 0.1) is 0 Å². The van der Waals surface area contributed by atoms with Gasteiger partial charge in [0.05, 0.1) is 6.61 Å². The van der Waals surface area contributed by atoms with Crippen LogP contribution in [0.25, 0.3) is 0 Å². The van der Waals surface area contributed by atoms with Gasteiger partial charge >= 0.3 is 0 Å². The number of nitrogens with zero attached hydrogens (tertiary/aromatic N) is 2. The number of aliphatic imine (C=N–C) groups is 1. The summed E-state index contributed by atoms with van der Waals surface area (Å²) in [6.07, 6.45) is 11.6. The van der Waals surface area contributed by atoms with E-state index in [0.717, 1.165) is 38.7 Å². The van der Waals surface area contributed by atoms with E-state index in [-0.39, 0.29) is 0 Å². The second-order valence-electron chi connectivity index (χ2n) is 5.47. The summed E-state index contributed by atoms with van der Waals surface area (Å²) in [5.74, 6) is 0. The van der Waals surface area contributed by atoms with Crippen LogP contribution in [-0.2, 0) is 4.74 Å². The lowest BCUT2D eigenvalue weighted by Gasteiger charge is -2.27. The van der Waals surface area contributed by atoms with Gasteiger partial charge in [0.25, 0.3) is 6.02 Å². The predicted octanol–water partition coefficient (Wildman–Crippen LogP) is 4.23. The monoisotopic (exact) mass is 268 g/mol. The Morgan fingerprint density at radius 1 is 0.947 bits per heavy atom. The maximum Gasteiger partial charge on any atom is 0.287 e. The number of hydrogen-bond donors (Lipinski definition) is 0. The fourth-order valence-corrected chi connectivity index (χ4v) is 2.40. The van der Waals surface area contributed by atoms with Gasteiger partial charge in [0.2, 0.25) is 0 Å². The smallest absolute Gasteiger partial charge is 0.287 e. The quantitative estimate of drug-likeness (QED) is 0.554. The number of ether oxygens (including phenoxy) is 1. The number of rotatable bonds is 10. The average Bonchev–Trinajstić information content (AvgIpc) is 2.46. The Kier molecular flexibility index (Phi) is 9.56. The van der Waals surface area contributed by atoms with Crippen LogP contribution in [0.15, 0.2) is 4.99 Å². The minimum absolute atomic E-state index is 0.846. The zero-order chi connectivity index (χ0) is 13.8. The van der Waals surface area contributed by atoms with Gasteiger partial charge in [-0.25, -0.2) is 4.99 Å². The Labute approximate surface area is 119 Å². The summed E-state index contributed by atoms with van der Waals surface area (Å²) in [4.78, 5) is 6.93. The van der Waals surface area contributed by atoms with Crippen LogP contribution in [0.5, 0.6) is 0 Å². The highest BCUT2D eigenvalue weighted by Gasteiger charge is 2.14. The van der Waals surface area contributed by atoms with Gasteiger partial charge in [-0.15, -0.1) is 0 Å². The molecule has 1 aliphatic heterocycles. The van der Waals surface area contributed by atoms with Crippen molar-refractivity contribution in [1.29, 1.82) is 0 Å². The molecule has 0 atom stereocenters. The molecule has 0 unspecified atom stereocenters. The third-order valence-electron chi connectivity index (χ3n) is 3.61. The van der Waals surface area contributed by atoms with Gasteiger partial charge in [-0.05, 0) is 12.8 Å². The van der Waals surface area contributed by atoms with Crippen molar-refractivity contribution in [2.24, 2.45) is 4.99 Å². The van der Waals surface area contributed by atoms with E-state index < -0.39 is 0 Å². The molecule has 1 rings (SSSR count). The zero-order valence-electron chi connectivity index (χ0n) is 13.0. The zero-order valence-corrected chi connectivity index (χ0v) is 13.0. The Morgan fingerprint density at radius 2 is 1.58 bits per heavy atom. The Morgan fingerprint density at radius 3 is 2.05 bits per heavy atom. The molecule has 3 nitrogen and oxygen atoms in total. The van der Waals surface area contributed by atoms with Crippen LogP contribution in [0.1, 0.15) is 71.6 Å². The third kappa shape index (κ3) is 7.44. The van der Waals surface area contributed by atoms with Crippen molar-refractivity contribution in [1.82, 2.24) is 4.90 Å². The molecule has 1 aliphatic rings. The summed E-state index contributed by atoms with van der Waals surface area (Å²) in [5.41, 5.74) is 0. The standard InChI is InChI=1S/C16H32N2O/c1-3-5-7-9-13-18(14-10-8-6-4-2)16-17-12-11-15-19-16/h3-15H2,1-2H3. The summed E-state index contributed by atoms with van der Waals surface area (Å²) in [7, 11) is 0. The van der Waals surface area contributed by atoms with E-state index in [1.54, 1.807) is 0 Å². The molecule has 0 amide bonds. The molecular formula is C16H32N2O. The van der Waals surface area contributed by atoms with Crippen molar-refractivity contribution >= 4 is 6.02 Å². The largest absolute Gasteiger partial charge is 0.465 e. The highest BCUT2D eigenvalue weighted by atomic mass is 16.5. The first kappa shape index (κ1) is 16.3. The van der Waals surface area contributed by atoms with Gasteiger partial charge in [0.1, 0.15) is 0 Å². The van der Waals surface area contributed by atoms with E-state index in [0.29, 0.717) is 0 Å².